The van der Waals surface area contributed by atoms with E-state index in [2.05, 4.69) is 37.4 Å². The molecule has 0 saturated carbocycles. The molecular weight excluding hydrogens is 400 g/mol. The number of nitrogens with zero attached hydrogens (tertiary/aromatic N) is 1. The quantitative estimate of drug-likeness (QED) is 0.657. The van der Waals surface area contributed by atoms with E-state index in [0.717, 1.165) is 34.5 Å². The summed E-state index contributed by atoms with van der Waals surface area (Å²) in [7, 11) is -2.25. The summed E-state index contributed by atoms with van der Waals surface area (Å²) in [6, 6.07) is 10.6. The molecule has 1 atom stereocenters. The Morgan fingerprint density at radius 2 is 1.80 bits per heavy atom. The smallest absolute Gasteiger partial charge is 0.243 e. The SMILES string of the molecule is CCc1ccc(CC)c(CNC(=O)[C@@H](C)N(c2cc(C)ccc2OC)S(C)(=O)=O)c1. The minimum atomic E-state index is -3.73. The van der Waals surface area contributed by atoms with E-state index in [1.807, 2.05) is 13.0 Å². The van der Waals surface area contributed by atoms with Gasteiger partial charge in [0.1, 0.15) is 11.8 Å². The zero-order valence-corrected chi connectivity index (χ0v) is 19.5. The van der Waals surface area contributed by atoms with Crippen molar-refractivity contribution >= 4 is 21.6 Å². The van der Waals surface area contributed by atoms with Crippen molar-refractivity contribution in [1.82, 2.24) is 5.32 Å². The van der Waals surface area contributed by atoms with Crippen LogP contribution in [0.4, 0.5) is 5.69 Å². The standard InChI is InChI=1S/C23H32N2O4S/c1-7-18-10-11-19(8-2)20(14-18)15-24-23(26)17(4)25(30(6,27)28)21-13-16(3)9-12-22(21)29-5/h9-14,17H,7-8,15H2,1-6H3,(H,24,26)/t17-/m1/s1. The number of methoxy groups -OCH3 is 1. The van der Waals surface area contributed by atoms with E-state index < -0.39 is 16.1 Å². The number of carbonyl (C=O) groups excluding carboxylic acids is 1. The van der Waals surface area contributed by atoms with Crippen LogP contribution in [0.3, 0.4) is 0 Å². The number of hydrogen-bond acceptors (Lipinski definition) is 4. The summed E-state index contributed by atoms with van der Waals surface area (Å²) in [5.74, 6) is 0.0301. The fourth-order valence-corrected chi connectivity index (χ4v) is 4.66. The van der Waals surface area contributed by atoms with Gasteiger partial charge in [-0.1, -0.05) is 38.1 Å². The number of rotatable bonds is 9. The molecule has 2 aromatic rings. The second-order valence-electron chi connectivity index (χ2n) is 7.44. The predicted molar refractivity (Wildman–Crippen MR) is 122 cm³/mol. The van der Waals surface area contributed by atoms with Gasteiger partial charge in [0.05, 0.1) is 19.1 Å². The van der Waals surface area contributed by atoms with E-state index in [9.17, 15) is 13.2 Å². The van der Waals surface area contributed by atoms with Crippen molar-refractivity contribution < 1.29 is 17.9 Å². The Morgan fingerprint density at radius 3 is 2.37 bits per heavy atom. The molecule has 0 aromatic heterocycles. The van der Waals surface area contributed by atoms with Crippen LogP contribution in [0.1, 0.15) is 43.0 Å². The van der Waals surface area contributed by atoms with Crippen molar-refractivity contribution in [3.63, 3.8) is 0 Å². The van der Waals surface area contributed by atoms with Gasteiger partial charge >= 0.3 is 0 Å². The van der Waals surface area contributed by atoms with E-state index in [1.165, 1.54) is 18.2 Å². The second-order valence-corrected chi connectivity index (χ2v) is 9.30. The Hall–Kier alpha value is -2.54. The Kier molecular flexibility index (Phi) is 7.89. The number of anilines is 1. The van der Waals surface area contributed by atoms with E-state index in [1.54, 1.807) is 19.1 Å². The average Bonchev–Trinajstić information content (AvgIpc) is 2.70. The fraction of sp³-hybridized carbons (Fsp3) is 0.435. The van der Waals surface area contributed by atoms with Crippen LogP contribution in [0.5, 0.6) is 5.75 Å². The minimum absolute atomic E-state index is 0.350. The Morgan fingerprint density at radius 1 is 1.10 bits per heavy atom. The highest BCUT2D eigenvalue weighted by Gasteiger charge is 2.31. The zero-order valence-electron chi connectivity index (χ0n) is 18.7. The third kappa shape index (κ3) is 5.53. The first kappa shape index (κ1) is 23.7. The van der Waals surface area contributed by atoms with E-state index >= 15 is 0 Å². The molecule has 30 heavy (non-hydrogen) atoms. The van der Waals surface area contributed by atoms with Gasteiger partial charge in [-0.2, -0.15) is 0 Å². The molecule has 164 valence electrons. The molecule has 7 heteroatoms. The monoisotopic (exact) mass is 432 g/mol. The molecule has 0 heterocycles. The van der Waals surface area contributed by atoms with Gasteiger partial charge in [-0.25, -0.2) is 8.42 Å². The second kappa shape index (κ2) is 9.98. The Balaban J connectivity index is 2.31. The zero-order chi connectivity index (χ0) is 22.5. The summed E-state index contributed by atoms with van der Waals surface area (Å²) in [5, 5.41) is 2.91. The molecule has 0 saturated heterocycles. The van der Waals surface area contributed by atoms with Crippen LogP contribution < -0.4 is 14.4 Å². The van der Waals surface area contributed by atoms with Gasteiger partial charge in [0.25, 0.3) is 0 Å². The lowest BCUT2D eigenvalue weighted by Crippen LogP contribution is -2.47. The maximum atomic E-state index is 13.0. The van der Waals surface area contributed by atoms with Crippen LogP contribution in [0.25, 0.3) is 0 Å². The average molecular weight is 433 g/mol. The largest absolute Gasteiger partial charge is 0.495 e. The molecule has 1 amide bonds. The molecule has 2 aromatic carbocycles. The number of amides is 1. The maximum absolute atomic E-state index is 13.0. The van der Waals surface area contributed by atoms with E-state index in [0.29, 0.717) is 18.0 Å². The topological polar surface area (TPSA) is 75.7 Å². The summed E-state index contributed by atoms with van der Waals surface area (Å²) in [5.41, 5.74) is 4.64. The lowest BCUT2D eigenvalue weighted by Gasteiger charge is -2.29. The molecule has 0 fully saturated rings. The molecule has 0 unspecified atom stereocenters. The number of aryl methyl sites for hydroxylation is 3. The van der Waals surface area contributed by atoms with Gasteiger partial charge in [0, 0.05) is 6.54 Å². The number of nitrogens with one attached hydrogen (secondary N) is 1. The molecule has 2 rings (SSSR count). The highest BCUT2D eigenvalue weighted by Crippen LogP contribution is 2.32. The van der Waals surface area contributed by atoms with Crippen molar-refractivity contribution in [2.45, 2.75) is 53.1 Å². The maximum Gasteiger partial charge on any atom is 0.243 e. The molecule has 0 aliphatic carbocycles. The van der Waals surface area contributed by atoms with Crippen molar-refractivity contribution in [2.75, 3.05) is 17.7 Å². The molecule has 0 radical (unpaired) electrons. The lowest BCUT2D eigenvalue weighted by molar-refractivity contribution is -0.122. The summed E-state index contributed by atoms with van der Waals surface area (Å²) in [4.78, 5) is 13.0. The van der Waals surface area contributed by atoms with Crippen molar-refractivity contribution in [3.8, 4) is 5.75 Å². The molecule has 0 bridgehead atoms. The van der Waals surface area contributed by atoms with Gasteiger partial charge in [0.2, 0.25) is 15.9 Å². The Bertz CT molecular complexity index is 1000. The first-order chi connectivity index (χ1) is 14.1. The minimum Gasteiger partial charge on any atom is -0.495 e. The summed E-state index contributed by atoms with van der Waals surface area (Å²) in [6.45, 7) is 7.96. The Labute approximate surface area is 180 Å². The predicted octanol–water partition coefficient (Wildman–Crippen LogP) is 3.60. The van der Waals surface area contributed by atoms with E-state index in [4.69, 9.17) is 4.74 Å². The normalized spacial score (nSPS) is 12.3. The molecule has 1 N–H and O–H groups in total. The summed E-state index contributed by atoms with van der Waals surface area (Å²) < 4.78 is 31.7. The third-order valence-corrected chi connectivity index (χ3v) is 6.40. The molecule has 0 spiro atoms. The summed E-state index contributed by atoms with van der Waals surface area (Å²) in [6.07, 6.45) is 2.87. The van der Waals surface area contributed by atoms with Gasteiger partial charge in [0.15, 0.2) is 0 Å². The van der Waals surface area contributed by atoms with Crippen LogP contribution in [-0.4, -0.2) is 33.7 Å². The van der Waals surface area contributed by atoms with Crippen LogP contribution in [0, 0.1) is 6.92 Å². The van der Waals surface area contributed by atoms with Crippen molar-refractivity contribution in [3.05, 3.63) is 58.7 Å². The van der Waals surface area contributed by atoms with Crippen molar-refractivity contribution in [1.29, 1.82) is 0 Å². The first-order valence-electron chi connectivity index (χ1n) is 10.1. The first-order valence-corrected chi connectivity index (χ1v) is 12.0. The molecular formula is C23H32N2O4S. The number of benzene rings is 2. The number of ether oxygens (including phenoxy) is 1. The van der Waals surface area contributed by atoms with Crippen LogP contribution in [0.15, 0.2) is 36.4 Å². The molecule has 0 aliphatic heterocycles. The van der Waals surface area contributed by atoms with Gasteiger partial charge in [-0.15, -0.1) is 0 Å². The van der Waals surface area contributed by atoms with E-state index in [-0.39, 0.29) is 5.91 Å². The van der Waals surface area contributed by atoms with Crippen LogP contribution in [-0.2, 0) is 34.2 Å². The van der Waals surface area contributed by atoms with Crippen LogP contribution >= 0.6 is 0 Å². The number of hydrogen-bond donors (Lipinski definition) is 1. The van der Waals surface area contributed by atoms with Gasteiger partial charge in [-0.05, 0) is 61.1 Å². The lowest BCUT2D eigenvalue weighted by atomic mass is 10.0. The number of carbonyl (C=O) groups is 1. The number of sulfonamides is 1. The van der Waals surface area contributed by atoms with Crippen LogP contribution in [0.2, 0.25) is 0 Å². The highest BCUT2D eigenvalue weighted by atomic mass is 32.2. The molecule has 0 aliphatic rings. The summed E-state index contributed by atoms with van der Waals surface area (Å²) >= 11 is 0. The highest BCUT2D eigenvalue weighted by molar-refractivity contribution is 7.92. The van der Waals surface area contributed by atoms with Gasteiger partial charge < -0.3 is 10.1 Å². The molecule has 6 nitrogen and oxygen atoms in total. The van der Waals surface area contributed by atoms with Gasteiger partial charge in [-0.3, -0.25) is 9.10 Å². The third-order valence-electron chi connectivity index (χ3n) is 5.17. The van der Waals surface area contributed by atoms with Crippen molar-refractivity contribution in [2.24, 2.45) is 0 Å². The fourth-order valence-electron chi connectivity index (χ4n) is 3.49.